The Bertz CT molecular complexity index is 1020. The molecule has 8 heteroatoms. The molecule has 1 saturated heterocycles. The van der Waals surface area contributed by atoms with Crippen LogP contribution in [0.25, 0.3) is 22.3 Å². The summed E-state index contributed by atoms with van der Waals surface area (Å²) in [6.45, 7) is 1.68. The molecule has 0 spiro atoms. The first kappa shape index (κ1) is 14.2. The van der Waals surface area contributed by atoms with Crippen molar-refractivity contribution in [1.82, 2.24) is 24.9 Å². The first-order chi connectivity index (χ1) is 12.3. The zero-order valence-corrected chi connectivity index (χ0v) is 13.5. The molecule has 8 nitrogen and oxygen atoms in total. The third kappa shape index (κ3) is 2.37. The molecule has 4 aromatic rings. The fraction of sp³-hybridized carbons (Fsp3) is 0.294. The predicted molar refractivity (Wildman–Crippen MR) is 94.3 cm³/mol. The van der Waals surface area contributed by atoms with Crippen molar-refractivity contribution in [2.24, 2.45) is 0 Å². The summed E-state index contributed by atoms with van der Waals surface area (Å²) in [5.41, 5.74) is 8.99. The normalized spacial score (nSPS) is 18.2. The number of hydrogen-bond acceptors (Lipinski definition) is 7. The number of nitrogens with zero attached hydrogens (tertiary/aromatic N) is 5. The second-order valence-electron chi connectivity index (χ2n) is 6.31. The van der Waals surface area contributed by atoms with Gasteiger partial charge in [-0.25, -0.2) is 9.97 Å². The van der Waals surface area contributed by atoms with E-state index in [0.29, 0.717) is 5.65 Å². The maximum atomic E-state index is 5.97. The highest BCUT2D eigenvalue weighted by molar-refractivity contribution is 5.84. The van der Waals surface area contributed by atoms with Gasteiger partial charge in [0.15, 0.2) is 22.9 Å². The number of para-hydroxylation sites is 2. The molecule has 3 aromatic heterocycles. The number of anilines is 2. The molecule has 5 rings (SSSR count). The minimum atomic E-state index is 0.218. The third-order valence-electron chi connectivity index (χ3n) is 4.66. The molecule has 1 aliphatic heterocycles. The molecular formula is C17H17N7O. The minimum Gasteiger partial charge on any atom is -0.440 e. The van der Waals surface area contributed by atoms with Crippen LogP contribution in [0.1, 0.15) is 24.7 Å². The van der Waals surface area contributed by atoms with Crippen molar-refractivity contribution in [3.63, 3.8) is 0 Å². The van der Waals surface area contributed by atoms with Gasteiger partial charge in [0.1, 0.15) is 11.0 Å². The number of nitrogens with two attached hydrogens (primary N) is 1. The van der Waals surface area contributed by atoms with Gasteiger partial charge in [0.25, 0.3) is 0 Å². The van der Waals surface area contributed by atoms with Gasteiger partial charge in [-0.2, -0.15) is 9.97 Å². The van der Waals surface area contributed by atoms with E-state index in [0.717, 1.165) is 54.3 Å². The van der Waals surface area contributed by atoms with E-state index in [1.54, 1.807) is 6.33 Å². The summed E-state index contributed by atoms with van der Waals surface area (Å²) in [6.07, 6.45) is 3.68. The van der Waals surface area contributed by atoms with E-state index in [1.165, 1.54) is 0 Å². The van der Waals surface area contributed by atoms with Crippen LogP contribution < -0.4 is 10.6 Å². The molecule has 4 heterocycles. The average Bonchev–Trinajstić information content (AvgIpc) is 3.27. The minimum absolute atomic E-state index is 0.218. The van der Waals surface area contributed by atoms with E-state index < -0.39 is 0 Å². The standard InChI is InChI=1S/C17H17N7O/c18-17-22-14-13(19-9-20-14)15(23-17)24-7-3-4-10(8-24)16-21-11-5-1-2-6-12(11)25-16/h1-2,5-6,9-10H,3-4,7-8H2,(H3,18,19,20,22,23)/t10-/m1/s1. The number of nitrogens with one attached hydrogen (secondary N) is 1. The molecule has 0 unspecified atom stereocenters. The van der Waals surface area contributed by atoms with E-state index in [2.05, 4.69) is 29.8 Å². The first-order valence-electron chi connectivity index (χ1n) is 8.35. The van der Waals surface area contributed by atoms with E-state index in [-0.39, 0.29) is 11.9 Å². The summed E-state index contributed by atoms with van der Waals surface area (Å²) in [6, 6.07) is 7.86. The summed E-state index contributed by atoms with van der Waals surface area (Å²) < 4.78 is 5.97. The number of oxazole rings is 1. The van der Waals surface area contributed by atoms with Crippen LogP contribution in [0.2, 0.25) is 0 Å². The Morgan fingerprint density at radius 3 is 3.04 bits per heavy atom. The van der Waals surface area contributed by atoms with Crippen molar-refractivity contribution in [2.45, 2.75) is 18.8 Å². The lowest BCUT2D eigenvalue weighted by Gasteiger charge is -2.32. The van der Waals surface area contributed by atoms with Crippen LogP contribution in [-0.4, -0.2) is 38.0 Å². The number of imidazole rings is 1. The van der Waals surface area contributed by atoms with Crippen molar-refractivity contribution < 1.29 is 4.42 Å². The Morgan fingerprint density at radius 1 is 1.20 bits per heavy atom. The monoisotopic (exact) mass is 335 g/mol. The molecule has 1 aromatic carbocycles. The van der Waals surface area contributed by atoms with Gasteiger partial charge in [-0.1, -0.05) is 12.1 Å². The molecule has 126 valence electrons. The fourth-order valence-electron chi connectivity index (χ4n) is 3.50. The highest BCUT2D eigenvalue weighted by Crippen LogP contribution is 2.32. The number of hydrogen-bond donors (Lipinski definition) is 2. The predicted octanol–water partition coefficient (Wildman–Crippen LogP) is 2.46. The van der Waals surface area contributed by atoms with E-state index in [4.69, 9.17) is 10.2 Å². The largest absolute Gasteiger partial charge is 0.440 e. The van der Waals surface area contributed by atoms with Crippen LogP contribution in [0.5, 0.6) is 0 Å². The molecule has 1 fully saturated rings. The zero-order chi connectivity index (χ0) is 16.8. The second kappa shape index (κ2) is 5.44. The number of H-pyrrole nitrogens is 1. The van der Waals surface area contributed by atoms with Crippen molar-refractivity contribution in [3.8, 4) is 0 Å². The third-order valence-corrected chi connectivity index (χ3v) is 4.66. The Hall–Kier alpha value is -3.16. The maximum Gasteiger partial charge on any atom is 0.224 e. The lowest BCUT2D eigenvalue weighted by Crippen LogP contribution is -2.35. The van der Waals surface area contributed by atoms with Crippen molar-refractivity contribution in [1.29, 1.82) is 0 Å². The van der Waals surface area contributed by atoms with Gasteiger partial charge in [-0.3, -0.25) is 0 Å². The smallest absolute Gasteiger partial charge is 0.224 e. The average molecular weight is 335 g/mol. The number of aromatic amines is 1. The molecule has 0 bridgehead atoms. The van der Waals surface area contributed by atoms with Crippen LogP contribution >= 0.6 is 0 Å². The van der Waals surface area contributed by atoms with E-state index in [9.17, 15) is 0 Å². The van der Waals surface area contributed by atoms with Crippen LogP contribution in [0.15, 0.2) is 35.0 Å². The van der Waals surface area contributed by atoms with Crippen LogP contribution in [0, 0.1) is 0 Å². The van der Waals surface area contributed by atoms with Crippen LogP contribution in [0.4, 0.5) is 11.8 Å². The molecule has 0 saturated carbocycles. The zero-order valence-electron chi connectivity index (χ0n) is 13.5. The summed E-state index contributed by atoms with van der Waals surface area (Å²) in [5, 5.41) is 0. The Labute approximate surface area is 143 Å². The Morgan fingerprint density at radius 2 is 2.12 bits per heavy atom. The molecule has 1 aliphatic rings. The number of piperidine rings is 1. The van der Waals surface area contributed by atoms with Crippen molar-refractivity contribution in [3.05, 3.63) is 36.5 Å². The second-order valence-corrected chi connectivity index (χ2v) is 6.31. The maximum absolute atomic E-state index is 5.97. The summed E-state index contributed by atoms with van der Waals surface area (Å²) in [5.74, 6) is 2.03. The molecular weight excluding hydrogens is 318 g/mol. The number of fused-ring (bicyclic) bond motifs is 2. The number of nitrogen functional groups attached to an aromatic ring is 1. The Kier molecular flexibility index (Phi) is 3.09. The van der Waals surface area contributed by atoms with Gasteiger partial charge in [0.2, 0.25) is 5.95 Å². The topological polar surface area (TPSA) is 110 Å². The van der Waals surface area contributed by atoms with Gasteiger partial charge >= 0.3 is 0 Å². The van der Waals surface area contributed by atoms with E-state index in [1.807, 2.05) is 24.3 Å². The summed E-state index contributed by atoms with van der Waals surface area (Å²) >= 11 is 0. The summed E-state index contributed by atoms with van der Waals surface area (Å²) in [7, 11) is 0. The molecule has 0 aliphatic carbocycles. The highest BCUT2D eigenvalue weighted by atomic mass is 16.3. The quantitative estimate of drug-likeness (QED) is 0.579. The molecule has 25 heavy (non-hydrogen) atoms. The van der Waals surface area contributed by atoms with Gasteiger partial charge in [-0.15, -0.1) is 0 Å². The van der Waals surface area contributed by atoms with Crippen molar-refractivity contribution in [2.75, 3.05) is 23.7 Å². The number of benzene rings is 1. The molecule has 1 atom stereocenters. The molecule has 0 radical (unpaired) electrons. The van der Waals surface area contributed by atoms with Gasteiger partial charge in [-0.05, 0) is 25.0 Å². The van der Waals surface area contributed by atoms with Gasteiger partial charge < -0.3 is 20.0 Å². The lowest BCUT2D eigenvalue weighted by molar-refractivity contribution is 0.412. The van der Waals surface area contributed by atoms with Gasteiger partial charge in [0.05, 0.1) is 12.2 Å². The molecule has 3 N–H and O–H groups in total. The van der Waals surface area contributed by atoms with Gasteiger partial charge in [0, 0.05) is 13.1 Å². The lowest BCUT2D eigenvalue weighted by atomic mass is 9.98. The number of aromatic nitrogens is 5. The van der Waals surface area contributed by atoms with Crippen molar-refractivity contribution >= 4 is 34.0 Å². The molecule has 0 amide bonds. The van der Waals surface area contributed by atoms with E-state index >= 15 is 0 Å². The number of rotatable bonds is 2. The fourth-order valence-corrected chi connectivity index (χ4v) is 3.50. The Balaban J connectivity index is 1.50. The summed E-state index contributed by atoms with van der Waals surface area (Å²) in [4.78, 5) is 22.8. The van der Waals surface area contributed by atoms with Crippen LogP contribution in [0.3, 0.4) is 0 Å². The highest BCUT2D eigenvalue weighted by Gasteiger charge is 2.28. The first-order valence-corrected chi connectivity index (χ1v) is 8.35. The SMILES string of the molecule is Nc1nc(N2CCC[C@@H](c3nc4ccccc4o3)C2)c2[nH]cnc2n1. The van der Waals surface area contributed by atoms with Crippen LogP contribution in [-0.2, 0) is 0 Å².